The molecule has 0 saturated carbocycles. The first kappa shape index (κ1) is 22.9. The molecule has 0 bridgehead atoms. The Labute approximate surface area is 168 Å². The van der Waals surface area contributed by atoms with E-state index in [9.17, 15) is 23.1 Å². The van der Waals surface area contributed by atoms with Crippen LogP contribution in [0, 0.1) is 24.4 Å². The Balaban J connectivity index is 2.19. The fourth-order valence-electron chi connectivity index (χ4n) is 3.01. The maximum atomic E-state index is 13.9. The summed E-state index contributed by atoms with van der Waals surface area (Å²) in [4.78, 5) is 12.6. The number of aliphatic hydroxyl groups is 1. The monoisotopic (exact) mass is 408 g/mol. The van der Waals surface area contributed by atoms with Crippen molar-refractivity contribution >= 4 is 5.91 Å². The third-order valence-corrected chi connectivity index (χ3v) is 4.46. The first-order valence-electron chi connectivity index (χ1n) is 9.36. The van der Waals surface area contributed by atoms with E-state index in [1.807, 2.05) is 27.7 Å². The van der Waals surface area contributed by atoms with Crippen LogP contribution in [0.1, 0.15) is 47.8 Å². The summed E-state index contributed by atoms with van der Waals surface area (Å²) in [5.41, 5.74) is 7.35. The Morgan fingerprint density at radius 3 is 2.28 bits per heavy atom. The van der Waals surface area contributed by atoms with E-state index >= 15 is 0 Å². The second-order valence-electron chi connectivity index (χ2n) is 8.36. The molecular formula is C22H27F3N2O2. The number of rotatable bonds is 6. The lowest BCUT2D eigenvalue weighted by atomic mass is 9.93. The average Bonchev–Trinajstić information content (AvgIpc) is 2.58. The van der Waals surface area contributed by atoms with E-state index in [1.165, 1.54) is 0 Å². The SMILES string of the molecule is Cc1ccc(C(=O)NC(C)(C)C)c(CC(O)C(N)Cc2cc(F)c(F)cc2F)c1. The molecule has 4 N–H and O–H groups in total. The van der Waals surface area contributed by atoms with Crippen LogP contribution in [0.25, 0.3) is 0 Å². The Kier molecular flexibility index (Phi) is 7.08. The van der Waals surface area contributed by atoms with Gasteiger partial charge in [-0.15, -0.1) is 0 Å². The van der Waals surface area contributed by atoms with E-state index < -0.39 is 35.1 Å². The minimum absolute atomic E-state index is 0.0566. The van der Waals surface area contributed by atoms with Crippen LogP contribution in [-0.2, 0) is 12.8 Å². The van der Waals surface area contributed by atoms with Crippen LogP contribution in [-0.4, -0.2) is 28.7 Å². The van der Waals surface area contributed by atoms with Gasteiger partial charge in [-0.3, -0.25) is 4.79 Å². The van der Waals surface area contributed by atoms with Crippen molar-refractivity contribution in [3.63, 3.8) is 0 Å². The largest absolute Gasteiger partial charge is 0.391 e. The van der Waals surface area contributed by atoms with Gasteiger partial charge in [0.2, 0.25) is 0 Å². The number of benzene rings is 2. The molecule has 158 valence electrons. The topological polar surface area (TPSA) is 75.3 Å². The van der Waals surface area contributed by atoms with Crippen molar-refractivity contribution in [1.82, 2.24) is 5.32 Å². The molecule has 0 heterocycles. The lowest BCUT2D eigenvalue weighted by molar-refractivity contribution is 0.0917. The second kappa shape index (κ2) is 8.97. The highest BCUT2D eigenvalue weighted by Crippen LogP contribution is 2.19. The normalized spacial score (nSPS) is 13.8. The van der Waals surface area contributed by atoms with Gasteiger partial charge in [0.15, 0.2) is 11.6 Å². The highest BCUT2D eigenvalue weighted by Gasteiger charge is 2.23. The van der Waals surface area contributed by atoms with Crippen molar-refractivity contribution in [2.45, 2.75) is 58.2 Å². The molecule has 0 aliphatic carbocycles. The van der Waals surface area contributed by atoms with Crippen LogP contribution in [0.4, 0.5) is 13.2 Å². The Bertz CT molecular complexity index is 894. The number of aryl methyl sites for hydroxylation is 1. The molecule has 0 aliphatic heterocycles. The zero-order valence-corrected chi connectivity index (χ0v) is 17.0. The van der Waals surface area contributed by atoms with Gasteiger partial charge in [-0.25, -0.2) is 13.2 Å². The fraction of sp³-hybridized carbons (Fsp3) is 0.409. The average molecular weight is 408 g/mol. The summed E-state index contributed by atoms with van der Waals surface area (Å²) >= 11 is 0. The van der Waals surface area contributed by atoms with Crippen molar-refractivity contribution < 1.29 is 23.1 Å². The molecule has 2 rings (SSSR count). The minimum Gasteiger partial charge on any atom is -0.391 e. The van der Waals surface area contributed by atoms with E-state index in [-0.39, 0.29) is 24.3 Å². The number of nitrogens with one attached hydrogen (secondary N) is 1. The molecule has 0 spiro atoms. The summed E-state index contributed by atoms with van der Waals surface area (Å²) in [6, 6.07) is 5.52. The van der Waals surface area contributed by atoms with E-state index in [0.29, 0.717) is 17.2 Å². The van der Waals surface area contributed by atoms with Gasteiger partial charge in [0.1, 0.15) is 5.82 Å². The third-order valence-electron chi connectivity index (χ3n) is 4.46. The summed E-state index contributed by atoms with van der Waals surface area (Å²) in [7, 11) is 0. The molecule has 0 aromatic heterocycles. The summed E-state index contributed by atoms with van der Waals surface area (Å²) in [5.74, 6) is -3.66. The molecule has 0 saturated heterocycles. The van der Waals surface area contributed by atoms with Gasteiger partial charge in [-0.2, -0.15) is 0 Å². The fourth-order valence-corrected chi connectivity index (χ4v) is 3.01. The van der Waals surface area contributed by atoms with Crippen molar-refractivity contribution in [3.8, 4) is 0 Å². The number of aliphatic hydroxyl groups excluding tert-OH is 1. The quantitative estimate of drug-likeness (QED) is 0.641. The molecule has 2 atom stereocenters. The van der Waals surface area contributed by atoms with E-state index in [2.05, 4.69) is 5.32 Å². The predicted molar refractivity (Wildman–Crippen MR) is 106 cm³/mol. The van der Waals surface area contributed by atoms with Gasteiger partial charge in [-0.05, 0) is 57.4 Å². The van der Waals surface area contributed by atoms with Crippen LogP contribution in [0.5, 0.6) is 0 Å². The van der Waals surface area contributed by atoms with E-state index in [1.54, 1.807) is 18.2 Å². The predicted octanol–water partition coefficient (Wildman–Crippen LogP) is 3.41. The summed E-state index contributed by atoms with van der Waals surface area (Å²) < 4.78 is 40.3. The van der Waals surface area contributed by atoms with Crippen LogP contribution in [0.2, 0.25) is 0 Å². The molecule has 0 radical (unpaired) electrons. The van der Waals surface area contributed by atoms with Gasteiger partial charge >= 0.3 is 0 Å². The van der Waals surface area contributed by atoms with Crippen LogP contribution < -0.4 is 11.1 Å². The van der Waals surface area contributed by atoms with Gasteiger partial charge in [0.05, 0.1) is 6.10 Å². The maximum absolute atomic E-state index is 13.9. The molecule has 29 heavy (non-hydrogen) atoms. The number of carbonyl (C=O) groups excluding carboxylic acids is 1. The van der Waals surface area contributed by atoms with E-state index in [0.717, 1.165) is 11.6 Å². The van der Waals surface area contributed by atoms with Crippen LogP contribution >= 0.6 is 0 Å². The first-order chi connectivity index (χ1) is 13.4. The molecule has 2 aromatic carbocycles. The number of hydrogen-bond donors (Lipinski definition) is 3. The van der Waals surface area contributed by atoms with Gasteiger partial charge < -0.3 is 16.2 Å². The van der Waals surface area contributed by atoms with Crippen molar-refractivity contribution in [3.05, 3.63) is 70.0 Å². The zero-order valence-electron chi connectivity index (χ0n) is 17.0. The molecule has 0 aliphatic rings. The highest BCUT2D eigenvalue weighted by atomic mass is 19.2. The summed E-state index contributed by atoms with van der Waals surface area (Å²) in [6.07, 6.45) is -1.24. The van der Waals surface area contributed by atoms with Crippen molar-refractivity contribution in [1.29, 1.82) is 0 Å². The van der Waals surface area contributed by atoms with Gasteiger partial charge in [0.25, 0.3) is 5.91 Å². The lowest BCUT2D eigenvalue weighted by Crippen LogP contribution is -2.42. The standard InChI is InChI=1S/C22H27F3N2O2/c1-12-5-6-15(21(29)27-22(2,3)4)13(7-12)10-20(28)19(26)9-14-8-17(24)18(25)11-16(14)23/h5-8,11,19-20,28H,9-10,26H2,1-4H3,(H,27,29). The smallest absolute Gasteiger partial charge is 0.251 e. The van der Waals surface area contributed by atoms with Gasteiger partial charge in [-0.1, -0.05) is 17.7 Å². The molecule has 2 aromatic rings. The second-order valence-corrected chi connectivity index (χ2v) is 8.36. The first-order valence-corrected chi connectivity index (χ1v) is 9.36. The lowest BCUT2D eigenvalue weighted by Gasteiger charge is -2.23. The van der Waals surface area contributed by atoms with Crippen LogP contribution in [0.3, 0.4) is 0 Å². The Morgan fingerprint density at radius 2 is 1.66 bits per heavy atom. The summed E-state index contributed by atoms with van der Waals surface area (Å²) in [5, 5.41) is 13.4. The Morgan fingerprint density at radius 1 is 1.03 bits per heavy atom. The van der Waals surface area contributed by atoms with Crippen molar-refractivity contribution in [2.24, 2.45) is 5.73 Å². The molecule has 2 unspecified atom stereocenters. The Hall–Kier alpha value is -2.38. The number of carbonyl (C=O) groups is 1. The maximum Gasteiger partial charge on any atom is 0.251 e. The number of amides is 1. The number of nitrogens with two attached hydrogens (primary N) is 1. The van der Waals surface area contributed by atoms with Crippen LogP contribution in [0.15, 0.2) is 30.3 Å². The zero-order chi connectivity index (χ0) is 21.9. The third kappa shape index (κ3) is 6.30. The molecular weight excluding hydrogens is 381 g/mol. The minimum atomic E-state index is -1.28. The number of hydrogen-bond acceptors (Lipinski definition) is 3. The van der Waals surface area contributed by atoms with Crippen molar-refractivity contribution in [2.75, 3.05) is 0 Å². The molecule has 1 amide bonds. The molecule has 0 fully saturated rings. The highest BCUT2D eigenvalue weighted by molar-refractivity contribution is 5.96. The summed E-state index contributed by atoms with van der Waals surface area (Å²) in [6.45, 7) is 7.44. The molecule has 7 heteroatoms. The number of halogens is 3. The molecule has 4 nitrogen and oxygen atoms in total. The van der Waals surface area contributed by atoms with E-state index in [4.69, 9.17) is 5.73 Å². The van der Waals surface area contributed by atoms with Gasteiger partial charge in [0, 0.05) is 29.6 Å².